The van der Waals surface area contributed by atoms with Gasteiger partial charge in [0, 0.05) is 11.1 Å². The minimum atomic E-state index is -1.23. The normalized spacial score (nSPS) is 20.9. The lowest BCUT2D eigenvalue weighted by Gasteiger charge is -2.44. The number of benzene rings is 2. The Morgan fingerprint density at radius 2 is 1.82 bits per heavy atom. The van der Waals surface area contributed by atoms with Gasteiger partial charge < -0.3 is 28.4 Å². The Morgan fingerprint density at radius 3 is 2.45 bits per heavy atom. The van der Waals surface area contributed by atoms with Crippen LogP contribution in [0.4, 0.5) is 5.69 Å². The fourth-order valence-electron chi connectivity index (χ4n) is 5.20. The van der Waals surface area contributed by atoms with Gasteiger partial charge in [-0.1, -0.05) is 39.0 Å². The number of hydrogen-bond acceptors (Lipinski definition) is 9. The summed E-state index contributed by atoms with van der Waals surface area (Å²) >= 11 is 0. The van der Waals surface area contributed by atoms with E-state index in [9.17, 15) is 14.4 Å². The quantitative estimate of drug-likeness (QED) is 0.466. The molecule has 0 saturated carbocycles. The summed E-state index contributed by atoms with van der Waals surface area (Å²) in [5.41, 5.74) is 2.45. The summed E-state index contributed by atoms with van der Waals surface area (Å²) in [4.78, 5) is 40.9. The number of methoxy groups -OCH3 is 3. The molecule has 2 aromatic carbocycles. The smallest absolute Gasteiger partial charge is 0.346 e. The predicted octanol–water partition coefficient (Wildman–Crippen LogP) is 4.14. The molecule has 0 aliphatic carbocycles. The first-order valence-corrected chi connectivity index (χ1v) is 13.1. The third-order valence-electron chi connectivity index (χ3n) is 7.20. The largest absolute Gasteiger partial charge is 0.493 e. The van der Waals surface area contributed by atoms with Gasteiger partial charge in [-0.05, 0) is 37.0 Å². The summed E-state index contributed by atoms with van der Waals surface area (Å²) in [6.45, 7) is 9.71. The molecule has 1 amide bonds. The number of hydrogen-bond donors (Lipinski definition) is 0. The fraction of sp³-hybridized carbons (Fsp3) is 0.500. The van der Waals surface area contributed by atoms with Crippen molar-refractivity contribution in [3.8, 4) is 17.2 Å². The van der Waals surface area contributed by atoms with Gasteiger partial charge >= 0.3 is 11.9 Å². The van der Waals surface area contributed by atoms with Crippen LogP contribution in [0, 0.1) is 12.3 Å². The van der Waals surface area contributed by atoms with Crippen molar-refractivity contribution in [2.75, 3.05) is 32.8 Å². The SMILES string of the molecule is COC(=O)C(C)OC(=O)CC1OC(c2cccc(OC)c2OC)c2cc(C)cc3c2N(C1=O)C(C(C)(C)C)CO3. The molecule has 40 heavy (non-hydrogen) atoms. The average molecular weight is 556 g/mol. The molecule has 0 aromatic heterocycles. The maximum Gasteiger partial charge on any atom is 0.346 e. The van der Waals surface area contributed by atoms with E-state index in [4.69, 9.17) is 23.7 Å². The first-order chi connectivity index (χ1) is 18.9. The van der Waals surface area contributed by atoms with Gasteiger partial charge in [0.1, 0.15) is 24.6 Å². The molecular formula is C30H37NO9. The van der Waals surface area contributed by atoms with Crippen molar-refractivity contribution in [1.82, 2.24) is 0 Å². The summed E-state index contributed by atoms with van der Waals surface area (Å²) in [7, 11) is 4.28. The zero-order chi connectivity index (χ0) is 29.4. The molecule has 0 spiro atoms. The number of carbonyl (C=O) groups is 3. The molecule has 10 nitrogen and oxygen atoms in total. The van der Waals surface area contributed by atoms with Crippen LogP contribution in [0.3, 0.4) is 0 Å². The van der Waals surface area contributed by atoms with Crippen molar-refractivity contribution in [3.63, 3.8) is 0 Å². The van der Waals surface area contributed by atoms with Crippen LogP contribution in [-0.4, -0.2) is 64.0 Å². The molecule has 4 atom stereocenters. The molecule has 0 N–H and O–H groups in total. The van der Waals surface area contributed by atoms with E-state index in [1.54, 1.807) is 18.1 Å². The van der Waals surface area contributed by atoms with Gasteiger partial charge in [0.15, 0.2) is 17.6 Å². The maximum absolute atomic E-state index is 14.3. The molecule has 2 aromatic rings. The Labute approximate surface area is 234 Å². The number of para-hydroxylation sites is 1. The van der Waals surface area contributed by atoms with Crippen molar-refractivity contribution in [1.29, 1.82) is 0 Å². The summed E-state index contributed by atoms with van der Waals surface area (Å²) in [6.07, 6.45) is -3.61. The van der Waals surface area contributed by atoms with E-state index in [1.165, 1.54) is 21.1 Å². The van der Waals surface area contributed by atoms with E-state index >= 15 is 0 Å². The minimum absolute atomic E-state index is 0.273. The van der Waals surface area contributed by atoms with Gasteiger partial charge in [0.05, 0.1) is 39.5 Å². The molecule has 2 aliphatic heterocycles. The number of ether oxygens (including phenoxy) is 6. The molecule has 0 fully saturated rings. The summed E-state index contributed by atoms with van der Waals surface area (Å²) < 4.78 is 34.0. The Bertz CT molecular complexity index is 1300. The summed E-state index contributed by atoms with van der Waals surface area (Å²) in [6, 6.07) is 8.91. The van der Waals surface area contributed by atoms with Gasteiger partial charge in [-0.15, -0.1) is 0 Å². The highest BCUT2D eigenvalue weighted by Crippen LogP contribution is 2.51. The highest BCUT2D eigenvalue weighted by Gasteiger charge is 2.48. The van der Waals surface area contributed by atoms with Gasteiger partial charge in [-0.25, -0.2) is 4.79 Å². The van der Waals surface area contributed by atoms with Crippen molar-refractivity contribution >= 4 is 23.5 Å². The number of carbonyl (C=O) groups excluding carboxylic acids is 3. The zero-order valence-corrected chi connectivity index (χ0v) is 24.2. The van der Waals surface area contributed by atoms with Crippen molar-refractivity contribution in [2.45, 2.75) is 65.4 Å². The van der Waals surface area contributed by atoms with Gasteiger partial charge in [0.2, 0.25) is 0 Å². The molecule has 4 unspecified atom stereocenters. The van der Waals surface area contributed by atoms with E-state index in [2.05, 4.69) is 4.74 Å². The Kier molecular flexibility index (Phi) is 8.30. The number of esters is 2. The third kappa shape index (κ3) is 5.45. The van der Waals surface area contributed by atoms with E-state index < -0.39 is 42.6 Å². The van der Waals surface area contributed by atoms with E-state index in [0.717, 1.165) is 5.56 Å². The third-order valence-corrected chi connectivity index (χ3v) is 7.20. The standard InChI is InChI=1S/C30H37NO9/c1-16-12-19-25-21(13-16)38-15-23(30(3,4)5)31(25)28(33)22(14-24(32)39-17(2)29(34)37-8)40-26(19)18-10-9-11-20(35-6)27(18)36-7/h9-13,17,22-23,26H,14-15H2,1-8H3. The topological polar surface area (TPSA) is 110 Å². The molecule has 0 bridgehead atoms. The van der Waals surface area contributed by atoms with Crippen LogP contribution in [0.5, 0.6) is 17.2 Å². The molecule has 216 valence electrons. The highest BCUT2D eigenvalue weighted by molar-refractivity contribution is 6.02. The van der Waals surface area contributed by atoms with Gasteiger partial charge in [-0.2, -0.15) is 0 Å². The molecule has 10 heteroatoms. The second kappa shape index (κ2) is 11.4. The molecule has 0 radical (unpaired) electrons. The number of amides is 1. The van der Waals surface area contributed by atoms with Crippen LogP contribution in [-0.2, 0) is 28.6 Å². The van der Waals surface area contributed by atoms with Crippen molar-refractivity contribution < 1.29 is 42.8 Å². The van der Waals surface area contributed by atoms with Gasteiger partial charge in [-0.3, -0.25) is 14.5 Å². The van der Waals surface area contributed by atoms with Crippen LogP contribution in [0.2, 0.25) is 0 Å². The Hall–Kier alpha value is -3.79. The Balaban J connectivity index is 1.89. The lowest BCUT2D eigenvalue weighted by Crippen LogP contribution is -2.56. The Morgan fingerprint density at radius 1 is 1.10 bits per heavy atom. The summed E-state index contributed by atoms with van der Waals surface area (Å²) in [5, 5.41) is 0. The van der Waals surface area contributed by atoms with Crippen LogP contribution in [0.1, 0.15) is 56.9 Å². The minimum Gasteiger partial charge on any atom is -0.493 e. The average Bonchev–Trinajstić information content (AvgIpc) is 3.02. The number of rotatable bonds is 7. The monoisotopic (exact) mass is 555 g/mol. The summed E-state index contributed by atoms with van der Waals surface area (Å²) in [5.74, 6) is -0.381. The molecule has 2 aliphatic rings. The van der Waals surface area contributed by atoms with Crippen LogP contribution < -0.4 is 19.1 Å². The molecule has 0 saturated heterocycles. The maximum atomic E-state index is 14.3. The first kappa shape index (κ1) is 29.2. The molecule has 2 heterocycles. The number of anilines is 1. The molecule has 4 rings (SSSR count). The predicted molar refractivity (Wildman–Crippen MR) is 146 cm³/mol. The first-order valence-electron chi connectivity index (χ1n) is 13.1. The van der Waals surface area contributed by atoms with E-state index in [0.29, 0.717) is 34.1 Å². The van der Waals surface area contributed by atoms with Gasteiger partial charge in [0.25, 0.3) is 5.91 Å². The van der Waals surface area contributed by atoms with E-state index in [1.807, 2.05) is 52.0 Å². The fourth-order valence-corrected chi connectivity index (χ4v) is 5.20. The lowest BCUT2D eigenvalue weighted by atomic mass is 9.84. The zero-order valence-electron chi connectivity index (χ0n) is 24.2. The highest BCUT2D eigenvalue weighted by atomic mass is 16.6. The van der Waals surface area contributed by atoms with E-state index in [-0.39, 0.29) is 18.1 Å². The van der Waals surface area contributed by atoms with Crippen LogP contribution in [0.15, 0.2) is 30.3 Å². The number of aryl methyl sites for hydroxylation is 1. The van der Waals surface area contributed by atoms with Crippen molar-refractivity contribution in [3.05, 3.63) is 47.0 Å². The van der Waals surface area contributed by atoms with Crippen molar-refractivity contribution in [2.24, 2.45) is 5.41 Å². The van der Waals surface area contributed by atoms with Crippen LogP contribution in [0.25, 0.3) is 0 Å². The number of nitrogens with zero attached hydrogens (tertiary/aromatic N) is 1. The second-order valence-electron chi connectivity index (χ2n) is 11.0. The second-order valence-corrected chi connectivity index (χ2v) is 11.0. The molecular weight excluding hydrogens is 518 g/mol. The lowest BCUT2D eigenvalue weighted by molar-refractivity contribution is -0.167. The van der Waals surface area contributed by atoms with Crippen LogP contribution >= 0.6 is 0 Å².